The van der Waals surface area contributed by atoms with Crippen LogP contribution in [-0.2, 0) is 6.61 Å². The Morgan fingerprint density at radius 2 is 2.03 bits per heavy atom. The van der Waals surface area contributed by atoms with E-state index in [9.17, 15) is 26.7 Å². The zero-order valence-electron chi connectivity index (χ0n) is 16.9. The Labute approximate surface area is 187 Å². The van der Waals surface area contributed by atoms with Crippen LogP contribution >= 0.6 is 11.6 Å². The van der Waals surface area contributed by atoms with Crippen molar-refractivity contribution in [3.8, 4) is 17.0 Å². The maximum absolute atomic E-state index is 14.9. The molecule has 0 saturated carbocycles. The number of nitrogens with zero attached hydrogens (tertiary/aromatic N) is 3. The van der Waals surface area contributed by atoms with E-state index in [1.165, 1.54) is 6.92 Å². The zero-order chi connectivity index (χ0) is 24.5. The number of aliphatic hydroxyl groups excluding tert-OH is 1. The number of hydrogen-bond acceptors (Lipinski definition) is 6. The molecule has 2 heterocycles. The van der Waals surface area contributed by atoms with Gasteiger partial charge in [-0.3, -0.25) is 9.89 Å². The average molecular weight is 492 g/mol. The molecule has 0 fully saturated rings. The van der Waals surface area contributed by atoms with Crippen molar-refractivity contribution in [1.29, 1.82) is 0 Å². The molecule has 33 heavy (non-hydrogen) atoms. The molecule has 1 aromatic carbocycles. The number of aliphatic hydroxyl groups is 1. The van der Waals surface area contributed by atoms with Gasteiger partial charge in [-0.05, 0) is 26.0 Å². The van der Waals surface area contributed by atoms with Crippen LogP contribution in [0.5, 0.6) is 5.75 Å². The molecule has 0 aliphatic carbocycles. The number of ether oxygens (including phenoxy) is 1. The fourth-order valence-electron chi connectivity index (χ4n) is 2.65. The van der Waals surface area contributed by atoms with Crippen molar-refractivity contribution in [1.82, 2.24) is 20.2 Å². The molecule has 3 N–H and O–H groups in total. The van der Waals surface area contributed by atoms with Crippen LogP contribution in [0.15, 0.2) is 18.3 Å². The van der Waals surface area contributed by atoms with Gasteiger partial charge in [0, 0.05) is 5.56 Å². The molecule has 0 radical (unpaired) electrons. The third kappa shape index (κ3) is 5.20. The molecule has 3 aromatic rings. The van der Waals surface area contributed by atoms with E-state index < -0.39 is 59.1 Å². The highest BCUT2D eigenvalue weighted by Crippen LogP contribution is 2.34. The molecule has 8 nitrogen and oxygen atoms in total. The Balaban J connectivity index is 2.10. The number of halogens is 6. The largest absolute Gasteiger partial charge is 0.480 e. The molecular formula is C19H15ClF5N5O3. The Morgan fingerprint density at radius 3 is 2.61 bits per heavy atom. The summed E-state index contributed by atoms with van der Waals surface area (Å²) in [6.07, 6.45) is -6.35. The average Bonchev–Trinajstić information content (AvgIpc) is 3.06. The number of amides is 1. The normalized spacial score (nSPS) is 12.5. The van der Waals surface area contributed by atoms with Crippen LogP contribution in [0.1, 0.15) is 28.7 Å². The molecule has 2 aromatic heterocycles. The highest BCUT2D eigenvalue weighted by molar-refractivity contribution is 6.33. The molecule has 14 heteroatoms. The van der Waals surface area contributed by atoms with Gasteiger partial charge in [-0.1, -0.05) is 11.6 Å². The van der Waals surface area contributed by atoms with Gasteiger partial charge in [-0.2, -0.15) is 22.7 Å². The van der Waals surface area contributed by atoms with Gasteiger partial charge in [0.05, 0.1) is 29.8 Å². The van der Waals surface area contributed by atoms with Crippen molar-refractivity contribution in [3.05, 3.63) is 52.2 Å². The van der Waals surface area contributed by atoms with Crippen LogP contribution in [0.3, 0.4) is 0 Å². The Morgan fingerprint density at radius 1 is 1.33 bits per heavy atom. The van der Waals surface area contributed by atoms with E-state index >= 15 is 0 Å². The molecule has 0 aliphatic heterocycles. The van der Waals surface area contributed by atoms with Crippen LogP contribution in [0.4, 0.5) is 27.6 Å². The van der Waals surface area contributed by atoms with Gasteiger partial charge in [0.1, 0.15) is 22.9 Å². The standard InChI is InChI=1S/C19H15ClF5N5O3/c1-7-15(16(20)30-29-7)28-18(32)10-3-11(21)9(4-14(10)33-8(2)19(23,24)25)12-5-26-17(22)13(6-31)27-12/h3-5,8,31H,6H2,1-2H3,(H,28,32)(H,29,30)/t8-/m0/s1. The summed E-state index contributed by atoms with van der Waals surface area (Å²) in [5.74, 6) is -3.86. The lowest BCUT2D eigenvalue weighted by Gasteiger charge is -2.20. The smallest absolute Gasteiger partial charge is 0.425 e. The van der Waals surface area contributed by atoms with Crippen molar-refractivity contribution in [2.24, 2.45) is 0 Å². The number of H-pyrrole nitrogens is 1. The first-order chi connectivity index (χ1) is 15.4. The molecule has 176 valence electrons. The first-order valence-electron chi connectivity index (χ1n) is 9.13. The lowest BCUT2D eigenvalue weighted by Crippen LogP contribution is -2.32. The lowest BCUT2D eigenvalue weighted by molar-refractivity contribution is -0.189. The summed E-state index contributed by atoms with van der Waals surface area (Å²) in [6, 6.07) is 1.44. The Kier molecular flexibility index (Phi) is 6.84. The number of aryl methyl sites for hydroxylation is 1. The van der Waals surface area contributed by atoms with Crippen LogP contribution in [0.25, 0.3) is 11.3 Å². The summed E-state index contributed by atoms with van der Waals surface area (Å²) < 4.78 is 72.7. The second kappa shape index (κ2) is 9.27. The van der Waals surface area contributed by atoms with Gasteiger partial charge < -0.3 is 15.2 Å². The van der Waals surface area contributed by atoms with E-state index in [4.69, 9.17) is 21.4 Å². The number of anilines is 1. The van der Waals surface area contributed by atoms with Gasteiger partial charge >= 0.3 is 6.18 Å². The zero-order valence-corrected chi connectivity index (χ0v) is 17.6. The van der Waals surface area contributed by atoms with Gasteiger partial charge in [0.25, 0.3) is 5.91 Å². The van der Waals surface area contributed by atoms with Gasteiger partial charge in [-0.25, -0.2) is 14.4 Å². The molecule has 1 amide bonds. The molecule has 0 saturated heterocycles. The number of nitrogens with one attached hydrogen (secondary N) is 2. The molecule has 0 spiro atoms. The maximum atomic E-state index is 14.9. The van der Waals surface area contributed by atoms with E-state index in [0.29, 0.717) is 18.7 Å². The molecular weight excluding hydrogens is 477 g/mol. The van der Waals surface area contributed by atoms with Crippen molar-refractivity contribution >= 4 is 23.2 Å². The summed E-state index contributed by atoms with van der Waals surface area (Å²) >= 11 is 5.86. The number of carbonyl (C=O) groups is 1. The van der Waals surface area contributed by atoms with E-state index in [0.717, 1.165) is 12.3 Å². The van der Waals surface area contributed by atoms with Crippen LogP contribution in [0, 0.1) is 18.7 Å². The number of rotatable bonds is 6. The minimum absolute atomic E-state index is 0.0398. The summed E-state index contributed by atoms with van der Waals surface area (Å²) in [5.41, 5.74) is -1.45. The van der Waals surface area contributed by atoms with Crippen molar-refractivity contribution in [3.63, 3.8) is 0 Å². The highest BCUT2D eigenvalue weighted by atomic mass is 35.5. The van der Waals surface area contributed by atoms with E-state index in [1.54, 1.807) is 0 Å². The predicted octanol–water partition coefficient (Wildman–Crippen LogP) is 4.18. The van der Waals surface area contributed by atoms with Gasteiger partial charge in [0.2, 0.25) is 5.95 Å². The van der Waals surface area contributed by atoms with Gasteiger partial charge in [0.15, 0.2) is 11.3 Å². The fraction of sp³-hybridized carbons (Fsp3) is 0.263. The first-order valence-corrected chi connectivity index (χ1v) is 9.51. The minimum Gasteiger partial charge on any atom is -0.480 e. The van der Waals surface area contributed by atoms with Gasteiger partial charge in [-0.15, -0.1) is 0 Å². The number of alkyl halides is 3. The molecule has 0 unspecified atom stereocenters. The number of carbonyl (C=O) groups excluding carboxylic acids is 1. The second-order valence-corrected chi connectivity index (χ2v) is 7.11. The lowest BCUT2D eigenvalue weighted by atomic mass is 10.1. The number of aromatic amines is 1. The Hall–Kier alpha value is -3.32. The quantitative estimate of drug-likeness (QED) is 0.446. The van der Waals surface area contributed by atoms with E-state index in [-0.39, 0.29) is 16.5 Å². The van der Waals surface area contributed by atoms with Crippen LogP contribution in [0.2, 0.25) is 5.15 Å². The van der Waals surface area contributed by atoms with E-state index in [2.05, 4.69) is 25.5 Å². The van der Waals surface area contributed by atoms with Crippen molar-refractivity contribution in [2.75, 3.05) is 5.32 Å². The third-order valence-corrected chi connectivity index (χ3v) is 4.71. The Bertz CT molecular complexity index is 1180. The molecule has 0 aliphatic rings. The van der Waals surface area contributed by atoms with Crippen molar-refractivity contribution in [2.45, 2.75) is 32.7 Å². The predicted molar refractivity (Wildman–Crippen MR) is 106 cm³/mol. The topological polar surface area (TPSA) is 113 Å². The number of aromatic nitrogens is 4. The first kappa shape index (κ1) is 24.3. The fourth-order valence-corrected chi connectivity index (χ4v) is 2.88. The molecule has 3 rings (SSSR count). The summed E-state index contributed by atoms with van der Waals surface area (Å²) in [5, 5.41) is 17.5. The number of benzene rings is 1. The van der Waals surface area contributed by atoms with Crippen LogP contribution < -0.4 is 10.1 Å². The summed E-state index contributed by atoms with van der Waals surface area (Å²) in [6.45, 7) is 1.37. The van der Waals surface area contributed by atoms with Crippen LogP contribution in [-0.4, -0.2) is 43.5 Å². The monoisotopic (exact) mass is 491 g/mol. The minimum atomic E-state index is -4.80. The SMILES string of the molecule is Cc1[nH]nc(Cl)c1NC(=O)c1cc(F)c(-c2cnc(F)c(CO)n2)cc1O[C@@H](C)C(F)(F)F. The van der Waals surface area contributed by atoms with Crippen molar-refractivity contribution < 1.29 is 36.6 Å². The number of hydrogen-bond donors (Lipinski definition) is 3. The summed E-state index contributed by atoms with van der Waals surface area (Å²) in [7, 11) is 0. The highest BCUT2D eigenvalue weighted by Gasteiger charge is 2.39. The summed E-state index contributed by atoms with van der Waals surface area (Å²) in [4.78, 5) is 19.8. The third-order valence-electron chi connectivity index (χ3n) is 4.44. The maximum Gasteiger partial charge on any atom is 0.425 e. The second-order valence-electron chi connectivity index (χ2n) is 6.75. The molecule has 0 bridgehead atoms. The van der Waals surface area contributed by atoms with E-state index in [1.807, 2.05) is 0 Å². The molecule has 1 atom stereocenters.